The van der Waals surface area contributed by atoms with Gasteiger partial charge in [0, 0.05) is 31.9 Å². The zero-order valence-electron chi connectivity index (χ0n) is 5.12. The molecule has 0 aliphatic rings. The molecule has 48 valence electrons. The summed E-state index contributed by atoms with van der Waals surface area (Å²) in [5, 5.41) is 0. The van der Waals surface area contributed by atoms with Gasteiger partial charge in [-0.3, -0.25) is 0 Å². The van der Waals surface area contributed by atoms with Crippen molar-refractivity contribution in [3.05, 3.63) is 0 Å². The van der Waals surface area contributed by atoms with Gasteiger partial charge in [-0.2, -0.15) is 0 Å². The smallest absolute Gasteiger partial charge is 0.219 e. The molecule has 0 aromatic rings. The molecule has 0 radical (unpaired) electrons. The van der Waals surface area contributed by atoms with Gasteiger partial charge in [0.2, 0.25) is 0 Å². The minimum Gasteiger partial charge on any atom is -0.219 e. The van der Waals surface area contributed by atoms with Gasteiger partial charge in [0.25, 0.3) is 3.53 Å². The van der Waals surface area contributed by atoms with Gasteiger partial charge < -0.3 is 0 Å². The van der Waals surface area contributed by atoms with E-state index in [0.717, 1.165) is 16.6 Å². The summed E-state index contributed by atoms with van der Waals surface area (Å²) in [5.74, 6) is 0. The largest absolute Gasteiger partial charge is 0.285 e. The molecular weight excluding hydrogens is 234 g/mol. The quantitative estimate of drug-likeness (QED) is 0.517. The van der Waals surface area contributed by atoms with Crippen LogP contribution in [-0.2, 0) is 0 Å². The summed E-state index contributed by atoms with van der Waals surface area (Å²) in [4.78, 5) is 0. The summed E-state index contributed by atoms with van der Waals surface area (Å²) in [6.07, 6.45) is 0. The maximum Gasteiger partial charge on any atom is 0.285 e. The van der Waals surface area contributed by atoms with Crippen LogP contribution in [0.2, 0.25) is 0 Å². The molecule has 0 aromatic carbocycles. The molecule has 0 saturated heterocycles. The van der Waals surface area contributed by atoms with Crippen molar-refractivity contribution in [3.8, 4) is 0 Å². The van der Waals surface area contributed by atoms with Crippen molar-refractivity contribution in [2.45, 2.75) is 13.8 Å². The SMILES string of the molecule is CC[N+](CC)=C(Br)Br. The minimum atomic E-state index is 1.04. The Morgan fingerprint density at radius 3 is 1.62 bits per heavy atom. The van der Waals surface area contributed by atoms with Crippen molar-refractivity contribution >= 4 is 35.4 Å². The number of nitrogens with zero attached hydrogens (tertiary/aromatic N) is 1. The fourth-order valence-electron chi connectivity index (χ4n) is 0.463. The first-order valence-corrected chi connectivity index (χ1v) is 4.23. The van der Waals surface area contributed by atoms with Crippen molar-refractivity contribution in [2.24, 2.45) is 0 Å². The molecule has 0 rings (SSSR count). The molecule has 0 fully saturated rings. The van der Waals surface area contributed by atoms with Gasteiger partial charge in [-0.1, -0.05) is 0 Å². The van der Waals surface area contributed by atoms with Gasteiger partial charge in [0.1, 0.15) is 13.1 Å². The normalized spacial score (nSPS) is 9.00. The van der Waals surface area contributed by atoms with Crippen LogP contribution in [0.4, 0.5) is 0 Å². The molecule has 0 saturated carbocycles. The van der Waals surface area contributed by atoms with E-state index in [-0.39, 0.29) is 0 Å². The predicted molar refractivity (Wildman–Crippen MR) is 44.2 cm³/mol. The second-order valence-corrected chi connectivity index (χ2v) is 3.98. The van der Waals surface area contributed by atoms with E-state index in [0.29, 0.717) is 0 Å². The van der Waals surface area contributed by atoms with Crippen LogP contribution >= 0.6 is 31.9 Å². The Hall–Kier alpha value is 0.630. The van der Waals surface area contributed by atoms with Crippen LogP contribution in [0.15, 0.2) is 0 Å². The van der Waals surface area contributed by atoms with Crippen LogP contribution < -0.4 is 0 Å². The molecule has 8 heavy (non-hydrogen) atoms. The van der Waals surface area contributed by atoms with E-state index in [2.05, 4.69) is 50.3 Å². The fraction of sp³-hybridized carbons (Fsp3) is 0.800. The van der Waals surface area contributed by atoms with E-state index in [1.54, 1.807) is 0 Å². The zero-order chi connectivity index (χ0) is 6.57. The Labute approximate surface area is 67.0 Å². The highest BCUT2D eigenvalue weighted by molar-refractivity contribution is 9.39. The molecule has 0 amide bonds. The van der Waals surface area contributed by atoms with Gasteiger partial charge in [0.15, 0.2) is 0 Å². The highest BCUT2D eigenvalue weighted by Crippen LogP contribution is 1.97. The molecule has 1 nitrogen and oxygen atoms in total. The van der Waals surface area contributed by atoms with Gasteiger partial charge in [-0.05, 0) is 13.8 Å². The number of hydrogen-bond donors (Lipinski definition) is 0. The predicted octanol–water partition coefficient (Wildman–Crippen LogP) is 2.18. The first-order valence-electron chi connectivity index (χ1n) is 2.65. The molecule has 3 heteroatoms. The topological polar surface area (TPSA) is 3.01 Å². The lowest BCUT2D eigenvalue weighted by Crippen LogP contribution is -2.12. The Morgan fingerprint density at radius 2 is 1.62 bits per heavy atom. The van der Waals surface area contributed by atoms with Crippen molar-refractivity contribution in [1.82, 2.24) is 0 Å². The third-order valence-electron chi connectivity index (χ3n) is 1.00. The van der Waals surface area contributed by atoms with Gasteiger partial charge in [0.05, 0.1) is 0 Å². The van der Waals surface area contributed by atoms with E-state index in [1.807, 2.05) is 0 Å². The Morgan fingerprint density at radius 1 is 1.25 bits per heavy atom. The van der Waals surface area contributed by atoms with Crippen LogP contribution in [0.1, 0.15) is 13.8 Å². The molecule has 0 atom stereocenters. The van der Waals surface area contributed by atoms with E-state index in [1.165, 1.54) is 0 Å². The second-order valence-electron chi connectivity index (χ2n) is 1.41. The summed E-state index contributed by atoms with van der Waals surface area (Å²) in [7, 11) is 0. The van der Waals surface area contributed by atoms with Gasteiger partial charge in [-0.25, -0.2) is 4.58 Å². The average molecular weight is 244 g/mol. The molecule has 0 aliphatic carbocycles. The number of rotatable bonds is 2. The lowest BCUT2D eigenvalue weighted by molar-refractivity contribution is -0.514. The van der Waals surface area contributed by atoms with Crippen molar-refractivity contribution < 1.29 is 4.58 Å². The van der Waals surface area contributed by atoms with Gasteiger partial charge in [-0.15, -0.1) is 0 Å². The molecule has 0 unspecified atom stereocenters. The summed E-state index contributed by atoms with van der Waals surface area (Å²) in [6.45, 7) is 6.32. The van der Waals surface area contributed by atoms with Crippen LogP contribution in [0.25, 0.3) is 0 Å². The summed E-state index contributed by atoms with van der Waals surface area (Å²) in [6, 6.07) is 0. The minimum absolute atomic E-state index is 1.04. The average Bonchev–Trinajstić information content (AvgIpc) is 1.69. The van der Waals surface area contributed by atoms with E-state index in [4.69, 9.17) is 0 Å². The van der Waals surface area contributed by atoms with E-state index in [9.17, 15) is 0 Å². The first-order chi connectivity index (χ1) is 3.72. The lowest BCUT2D eigenvalue weighted by Gasteiger charge is -1.93. The highest BCUT2D eigenvalue weighted by atomic mass is 79.9. The molecule has 0 heterocycles. The maximum absolute atomic E-state index is 3.32. The zero-order valence-corrected chi connectivity index (χ0v) is 8.29. The summed E-state index contributed by atoms with van der Waals surface area (Å²) >= 11 is 6.64. The molecule has 0 bridgehead atoms. The number of hydrogen-bond acceptors (Lipinski definition) is 0. The highest BCUT2D eigenvalue weighted by Gasteiger charge is 2.00. The molecule has 0 spiro atoms. The Kier molecular flexibility index (Phi) is 4.86. The van der Waals surface area contributed by atoms with Crippen molar-refractivity contribution in [2.75, 3.05) is 13.1 Å². The van der Waals surface area contributed by atoms with Crippen molar-refractivity contribution in [1.29, 1.82) is 0 Å². The molecule has 0 aromatic heterocycles. The van der Waals surface area contributed by atoms with Crippen LogP contribution in [-0.4, -0.2) is 21.2 Å². The fourth-order valence-corrected chi connectivity index (χ4v) is 1.47. The van der Waals surface area contributed by atoms with Crippen molar-refractivity contribution in [3.63, 3.8) is 0 Å². The van der Waals surface area contributed by atoms with Crippen LogP contribution in [0, 0.1) is 0 Å². The third-order valence-corrected chi connectivity index (χ3v) is 2.01. The lowest BCUT2D eigenvalue weighted by atomic mass is 10.6. The van der Waals surface area contributed by atoms with Gasteiger partial charge >= 0.3 is 0 Å². The molecular formula is C5H10Br2N+. The Balaban J connectivity index is 3.86. The third kappa shape index (κ3) is 2.82. The summed E-state index contributed by atoms with van der Waals surface area (Å²) < 4.78 is 3.20. The van der Waals surface area contributed by atoms with E-state index >= 15 is 0 Å². The van der Waals surface area contributed by atoms with Crippen LogP contribution in [0.3, 0.4) is 0 Å². The second kappa shape index (κ2) is 4.50. The first kappa shape index (κ1) is 8.63. The molecule has 0 N–H and O–H groups in total. The monoisotopic (exact) mass is 242 g/mol. The maximum atomic E-state index is 3.32. The Bertz CT molecular complexity index is 88.6. The summed E-state index contributed by atoms with van der Waals surface area (Å²) in [5.41, 5.74) is 0. The van der Waals surface area contributed by atoms with Crippen LogP contribution in [0.5, 0.6) is 0 Å². The van der Waals surface area contributed by atoms with E-state index < -0.39 is 0 Å². The number of halogens is 2. The molecule has 0 aliphatic heterocycles. The standard InChI is InChI=1S/C5H10Br2N/c1-3-8(4-2)5(6)7/h3-4H2,1-2H3/q+1.